The summed E-state index contributed by atoms with van der Waals surface area (Å²) >= 11 is 0. The van der Waals surface area contributed by atoms with Gasteiger partial charge in [-0.05, 0) is 58.7 Å². The van der Waals surface area contributed by atoms with Crippen LogP contribution in [-0.2, 0) is 15.5 Å². The number of ether oxygens (including phenoxy) is 1. The second kappa shape index (κ2) is 4.60. The smallest absolute Gasteiger partial charge is 0.0781 e. The van der Waals surface area contributed by atoms with Crippen LogP contribution >= 0.6 is 0 Å². The Kier molecular flexibility index (Phi) is 3.52. The SMILES string of the molecule is Cc1ccc(N)c(S(=O)C2CC(C)(C)OC2(C)C)c1. The Morgan fingerprint density at radius 3 is 2.47 bits per heavy atom. The summed E-state index contributed by atoms with van der Waals surface area (Å²) in [5.41, 5.74) is 7.03. The number of hydrogen-bond acceptors (Lipinski definition) is 3. The lowest BCUT2D eigenvalue weighted by atomic mass is 10.0. The van der Waals surface area contributed by atoms with Gasteiger partial charge < -0.3 is 10.5 Å². The van der Waals surface area contributed by atoms with Crippen molar-refractivity contribution in [3.8, 4) is 0 Å². The van der Waals surface area contributed by atoms with Gasteiger partial charge in [0.05, 0.1) is 32.1 Å². The first-order chi connectivity index (χ1) is 8.62. The number of aryl methyl sites for hydroxylation is 1. The molecule has 1 aromatic rings. The lowest BCUT2D eigenvalue weighted by Crippen LogP contribution is -2.36. The van der Waals surface area contributed by atoms with E-state index in [1.807, 2.05) is 52.8 Å². The van der Waals surface area contributed by atoms with Crippen molar-refractivity contribution in [2.24, 2.45) is 0 Å². The summed E-state index contributed by atoms with van der Waals surface area (Å²) in [6, 6.07) is 5.69. The summed E-state index contributed by atoms with van der Waals surface area (Å²) in [5, 5.41) is -0.0356. The van der Waals surface area contributed by atoms with E-state index in [4.69, 9.17) is 10.5 Å². The van der Waals surface area contributed by atoms with Crippen molar-refractivity contribution in [2.45, 2.75) is 62.4 Å². The van der Waals surface area contributed by atoms with Crippen LogP contribution < -0.4 is 5.73 Å². The second-order valence-corrected chi connectivity index (χ2v) is 8.10. The highest BCUT2D eigenvalue weighted by Crippen LogP contribution is 2.42. The molecule has 1 aliphatic heterocycles. The molecule has 1 aromatic carbocycles. The lowest BCUT2D eigenvalue weighted by Gasteiger charge is -2.27. The van der Waals surface area contributed by atoms with E-state index in [1.165, 1.54) is 0 Å². The van der Waals surface area contributed by atoms with Gasteiger partial charge in [-0.15, -0.1) is 0 Å². The normalized spacial score (nSPS) is 26.3. The van der Waals surface area contributed by atoms with Gasteiger partial charge in [-0.3, -0.25) is 4.21 Å². The molecule has 0 amide bonds. The molecule has 4 heteroatoms. The third-order valence-electron chi connectivity index (χ3n) is 3.64. The largest absolute Gasteiger partial charge is 0.398 e. The van der Waals surface area contributed by atoms with Crippen molar-refractivity contribution in [1.82, 2.24) is 0 Å². The van der Waals surface area contributed by atoms with Crippen molar-refractivity contribution in [2.75, 3.05) is 5.73 Å². The zero-order chi connectivity index (χ0) is 14.4. The molecule has 1 aliphatic rings. The standard InChI is InChI=1S/C15H23NO2S/c1-10-6-7-11(16)12(8-10)19(17)13-9-14(2,3)18-15(13,4)5/h6-8,13H,9,16H2,1-5H3. The molecule has 19 heavy (non-hydrogen) atoms. The Balaban J connectivity index is 2.37. The quantitative estimate of drug-likeness (QED) is 0.848. The van der Waals surface area contributed by atoms with E-state index in [0.29, 0.717) is 5.69 Å². The first-order valence-electron chi connectivity index (χ1n) is 6.59. The van der Waals surface area contributed by atoms with E-state index < -0.39 is 16.4 Å². The second-order valence-electron chi connectivity index (χ2n) is 6.50. The number of nitrogen functional groups attached to an aromatic ring is 1. The van der Waals surface area contributed by atoms with E-state index in [0.717, 1.165) is 16.9 Å². The Hall–Kier alpha value is -0.870. The number of benzene rings is 1. The van der Waals surface area contributed by atoms with Crippen LogP contribution in [0.5, 0.6) is 0 Å². The fourth-order valence-electron chi connectivity index (χ4n) is 2.81. The third-order valence-corrected chi connectivity index (χ3v) is 5.67. The molecule has 1 heterocycles. The van der Waals surface area contributed by atoms with Gasteiger partial charge in [-0.25, -0.2) is 0 Å². The highest BCUT2D eigenvalue weighted by molar-refractivity contribution is 7.86. The van der Waals surface area contributed by atoms with Gasteiger partial charge in [-0.1, -0.05) is 6.07 Å². The number of nitrogens with two attached hydrogens (primary N) is 1. The minimum atomic E-state index is -1.15. The predicted octanol–water partition coefficient (Wildman–Crippen LogP) is 3.03. The molecule has 106 valence electrons. The number of rotatable bonds is 2. The molecule has 0 spiro atoms. The molecule has 1 saturated heterocycles. The van der Waals surface area contributed by atoms with Gasteiger partial charge in [0, 0.05) is 5.69 Å². The minimum Gasteiger partial charge on any atom is -0.398 e. The fraction of sp³-hybridized carbons (Fsp3) is 0.600. The molecule has 0 aromatic heterocycles. The molecule has 0 bridgehead atoms. The number of anilines is 1. The van der Waals surface area contributed by atoms with Gasteiger partial charge in [0.1, 0.15) is 0 Å². The molecule has 0 saturated carbocycles. The third kappa shape index (κ3) is 2.84. The van der Waals surface area contributed by atoms with E-state index in [2.05, 4.69) is 0 Å². The average Bonchev–Trinajstić information content (AvgIpc) is 2.49. The molecular weight excluding hydrogens is 258 g/mol. The highest BCUT2D eigenvalue weighted by atomic mass is 32.2. The minimum absolute atomic E-state index is 0.0356. The van der Waals surface area contributed by atoms with Crippen LogP contribution in [0.4, 0.5) is 5.69 Å². The molecular formula is C15H23NO2S. The molecule has 2 rings (SSSR count). The van der Waals surface area contributed by atoms with Crippen molar-refractivity contribution in [3.05, 3.63) is 23.8 Å². The van der Waals surface area contributed by atoms with Gasteiger partial charge >= 0.3 is 0 Å². The van der Waals surface area contributed by atoms with E-state index >= 15 is 0 Å². The zero-order valence-corrected chi connectivity index (χ0v) is 13.1. The maximum Gasteiger partial charge on any atom is 0.0781 e. The van der Waals surface area contributed by atoms with Crippen molar-refractivity contribution >= 4 is 16.5 Å². The molecule has 0 aliphatic carbocycles. The summed E-state index contributed by atoms with van der Waals surface area (Å²) in [6.07, 6.45) is 0.778. The first-order valence-corrected chi connectivity index (χ1v) is 7.80. The topological polar surface area (TPSA) is 52.3 Å². The molecule has 2 N–H and O–H groups in total. The Bertz CT molecular complexity index is 523. The zero-order valence-electron chi connectivity index (χ0n) is 12.3. The highest BCUT2D eigenvalue weighted by Gasteiger charge is 2.49. The number of hydrogen-bond donors (Lipinski definition) is 1. The van der Waals surface area contributed by atoms with Gasteiger partial charge in [0.25, 0.3) is 0 Å². The Labute approximate surface area is 118 Å². The molecule has 1 fully saturated rings. The summed E-state index contributed by atoms with van der Waals surface area (Å²) in [5.74, 6) is 0. The van der Waals surface area contributed by atoms with Crippen LogP contribution in [0.2, 0.25) is 0 Å². The summed E-state index contributed by atoms with van der Waals surface area (Å²) in [4.78, 5) is 0.736. The van der Waals surface area contributed by atoms with Crippen LogP contribution in [0.25, 0.3) is 0 Å². The Morgan fingerprint density at radius 2 is 1.95 bits per heavy atom. The van der Waals surface area contributed by atoms with Crippen LogP contribution in [0.3, 0.4) is 0 Å². The average molecular weight is 281 g/mol. The van der Waals surface area contributed by atoms with E-state index in [-0.39, 0.29) is 10.9 Å². The fourth-order valence-corrected chi connectivity index (χ4v) is 4.84. The molecule has 2 unspecified atom stereocenters. The monoisotopic (exact) mass is 281 g/mol. The van der Waals surface area contributed by atoms with Gasteiger partial charge in [0.15, 0.2) is 0 Å². The van der Waals surface area contributed by atoms with Crippen LogP contribution in [0.1, 0.15) is 39.7 Å². The maximum absolute atomic E-state index is 12.9. The van der Waals surface area contributed by atoms with Crippen molar-refractivity contribution in [1.29, 1.82) is 0 Å². The summed E-state index contributed by atoms with van der Waals surface area (Å²) in [7, 11) is -1.15. The molecule has 2 atom stereocenters. The maximum atomic E-state index is 12.9. The van der Waals surface area contributed by atoms with Crippen LogP contribution in [0.15, 0.2) is 23.1 Å². The van der Waals surface area contributed by atoms with Crippen LogP contribution in [0, 0.1) is 6.92 Å². The Morgan fingerprint density at radius 1 is 1.32 bits per heavy atom. The molecule has 0 radical (unpaired) electrons. The summed E-state index contributed by atoms with van der Waals surface area (Å²) < 4.78 is 18.9. The van der Waals surface area contributed by atoms with Gasteiger partial charge in [0.2, 0.25) is 0 Å². The van der Waals surface area contributed by atoms with E-state index in [9.17, 15) is 4.21 Å². The van der Waals surface area contributed by atoms with E-state index in [1.54, 1.807) is 0 Å². The molecule has 3 nitrogen and oxygen atoms in total. The van der Waals surface area contributed by atoms with Crippen LogP contribution in [-0.4, -0.2) is 20.7 Å². The van der Waals surface area contributed by atoms with Crippen molar-refractivity contribution in [3.63, 3.8) is 0 Å². The summed E-state index contributed by atoms with van der Waals surface area (Å²) in [6.45, 7) is 10.1. The first kappa shape index (κ1) is 14.5. The van der Waals surface area contributed by atoms with Crippen molar-refractivity contribution < 1.29 is 8.95 Å². The lowest BCUT2D eigenvalue weighted by molar-refractivity contribution is -0.0633. The predicted molar refractivity (Wildman–Crippen MR) is 79.6 cm³/mol. The van der Waals surface area contributed by atoms with Gasteiger partial charge in [-0.2, -0.15) is 0 Å².